The number of benzene rings is 3. The van der Waals surface area contributed by atoms with Crippen molar-refractivity contribution in [3.05, 3.63) is 112 Å². The fraction of sp³-hybridized carbons (Fsp3) is 0.342. The van der Waals surface area contributed by atoms with Gasteiger partial charge in [0, 0.05) is 20.0 Å². The van der Waals surface area contributed by atoms with Crippen molar-refractivity contribution >= 4 is 32.5 Å². The predicted molar refractivity (Wildman–Crippen MR) is 201 cm³/mol. The number of methoxy groups -OCH3 is 2. The first kappa shape index (κ1) is 37.6. The quantitative estimate of drug-likeness (QED) is 0.0434. The van der Waals surface area contributed by atoms with Crippen LogP contribution in [0.5, 0.6) is 11.5 Å². The van der Waals surface area contributed by atoms with Gasteiger partial charge in [0.05, 0.1) is 58.7 Å². The maximum Gasteiger partial charge on any atom is 0.280 e. The van der Waals surface area contributed by atoms with Gasteiger partial charge in [-0.3, -0.25) is 14.3 Å². The highest BCUT2D eigenvalue weighted by Crippen LogP contribution is 2.45. The summed E-state index contributed by atoms with van der Waals surface area (Å²) in [5.41, 5.74) is 1.59. The van der Waals surface area contributed by atoms with Crippen molar-refractivity contribution in [2.24, 2.45) is 10.9 Å². The van der Waals surface area contributed by atoms with Crippen molar-refractivity contribution < 1.29 is 28.0 Å². The molecule has 1 fully saturated rings. The molecule has 0 saturated carbocycles. The van der Waals surface area contributed by atoms with E-state index in [1.165, 1.54) is 0 Å². The third-order valence-electron chi connectivity index (χ3n) is 8.95. The molecule has 53 heavy (non-hydrogen) atoms. The summed E-state index contributed by atoms with van der Waals surface area (Å²) in [6, 6.07) is 27.7. The number of nitrogens with zero attached hydrogens (tertiary/aromatic N) is 6. The molecule has 0 bridgehead atoms. The highest BCUT2D eigenvalue weighted by Gasteiger charge is 2.47. The Morgan fingerprint density at radius 1 is 1.02 bits per heavy atom. The van der Waals surface area contributed by atoms with Gasteiger partial charge in [-0.25, -0.2) is 9.98 Å². The largest absolute Gasteiger partial charge is 0.497 e. The molecule has 2 aromatic heterocycles. The molecule has 1 N–H and O–H groups in total. The first-order valence-electron chi connectivity index (χ1n) is 17.0. The van der Waals surface area contributed by atoms with E-state index in [0.29, 0.717) is 17.1 Å². The number of fused-ring (bicyclic) bond motifs is 1. The van der Waals surface area contributed by atoms with E-state index in [9.17, 15) is 4.79 Å². The summed E-state index contributed by atoms with van der Waals surface area (Å²) in [7, 11) is 6.55. The molecule has 6 rings (SSSR count). The molecule has 1 aliphatic rings. The van der Waals surface area contributed by atoms with E-state index in [-0.39, 0.29) is 46.1 Å². The van der Waals surface area contributed by atoms with Crippen molar-refractivity contribution in [3.8, 4) is 17.6 Å². The second-order valence-electron chi connectivity index (χ2n) is 12.6. The van der Waals surface area contributed by atoms with Crippen LogP contribution in [0.2, 0.25) is 0 Å². The number of hydrogen-bond donors (Lipinski definition) is 1. The zero-order valence-corrected chi connectivity index (χ0v) is 31.1. The normalized spacial score (nSPS) is 18.9. The van der Waals surface area contributed by atoms with Crippen LogP contribution in [-0.2, 0) is 24.1 Å². The number of nitriles is 1. The summed E-state index contributed by atoms with van der Waals surface area (Å²) < 4.78 is 38.8. The Morgan fingerprint density at radius 2 is 1.66 bits per heavy atom. The Kier molecular flexibility index (Phi) is 12.1. The lowest BCUT2D eigenvalue weighted by Crippen LogP contribution is -2.39. The van der Waals surface area contributed by atoms with Crippen LogP contribution in [0, 0.1) is 17.2 Å². The Bertz CT molecular complexity index is 2040. The summed E-state index contributed by atoms with van der Waals surface area (Å²) in [6.07, 6.45) is 1.55. The number of hydrogen-bond acceptors (Lipinski definition) is 11. The molecule has 0 amide bonds. The standard InChI is InChI=1S/C38H42N7O7P/c1-25-33(52-53-50-21-9-20-39)31(51-36(25)45-24-40-32-34(45)42-37(43-35(32)46)41-23-44(2)3)22-49-38(26-10-7-6-8-11-26,27-12-16-29(47-4)17-13-27)28-14-18-30(48-5)19-15-28/h6-8,10-19,23-25,31,33,36,53H,9,21-22H2,1-5H3,(H,42,43,46)/b41-23-/t25-,31+,33?,36+/m0/s1. The van der Waals surface area contributed by atoms with E-state index in [4.69, 9.17) is 33.3 Å². The van der Waals surface area contributed by atoms with E-state index in [1.54, 1.807) is 36.4 Å². The molecule has 3 heterocycles. The third kappa shape index (κ3) is 8.10. The molecule has 1 aliphatic heterocycles. The second kappa shape index (κ2) is 17.1. The average molecular weight is 740 g/mol. The van der Waals surface area contributed by atoms with Crippen LogP contribution in [0.3, 0.4) is 0 Å². The smallest absolute Gasteiger partial charge is 0.280 e. The van der Waals surface area contributed by atoms with Gasteiger partial charge in [-0.05, 0) is 41.0 Å². The SMILES string of the molecule is COc1ccc(C(OC[C@H]2O[C@@H](n3cnc4c(=O)[nH]c(/N=C\N(C)C)nc43)[C@@H](C)C2OPOCCC#N)(c2ccccc2)c2ccc(OC)cc2)cc1. The van der Waals surface area contributed by atoms with Crippen LogP contribution in [0.25, 0.3) is 11.2 Å². The molecule has 5 atom stereocenters. The van der Waals surface area contributed by atoms with Gasteiger partial charge >= 0.3 is 0 Å². The number of imidazole rings is 1. The minimum Gasteiger partial charge on any atom is -0.497 e. The predicted octanol–water partition coefficient (Wildman–Crippen LogP) is 5.72. The fourth-order valence-corrected chi connectivity index (χ4v) is 7.09. The van der Waals surface area contributed by atoms with E-state index < -0.39 is 29.6 Å². The van der Waals surface area contributed by atoms with Gasteiger partial charge in [-0.1, -0.05) is 61.5 Å². The number of nitrogens with one attached hydrogen (secondary N) is 1. The van der Waals surface area contributed by atoms with Gasteiger partial charge in [0.2, 0.25) is 5.95 Å². The molecular weight excluding hydrogens is 697 g/mol. The third-order valence-corrected chi connectivity index (χ3v) is 9.64. The topological polar surface area (TPSA) is 158 Å². The lowest BCUT2D eigenvalue weighted by atomic mass is 9.80. The lowest BCUT2D eigenvalue weighted by molar-refractivity contribution is -0.0904. The molecule has 14 nitrogen and oxygen atoms in total. The van der Waals surface area contributed by atoms with Crippen molar-refractivity contribution in [1.29, 1.82) is 5.26 Å². The van der Waals surface area contributed by atoms with E-state index >= 15 is 0 Å². The molecule has 3 aromatic carbocycles. The zero-order valence-electron chi connectivity index (χ0n) is 30.1. The van der Waals surface area contributed by atoms with Crippen molar-refractivity contribution in [3.63, 3.8) is 0 Å². The summed E-state index contributed by atoms with van der Waals surface area (Å²) in [5.74, 6) is 1.27. The monoisotopic (exact) mass is 739 g/mol. The zero-order chi connectivity index (χ0) is 37.4. The van der Waals surface area contributed by atoms with Crippen molar-refractivity contribution in [1.82, 2.24) is 24.4 Å². The summed E-state index contributed by atoms with van der Waals surface area (Å²) >= 11 is 0. The van der Waals surface area contributed by atoms with Gasteiger partial charge in [0.1, 0.15) is 29.4 Å². The molecule has 0 aliphatic carbocycles. The minimum absolute atomic E-state index is 0.0835. The van der Waals surface area contributed by atoms with E-state index in [1.807, 2.05) is 99.9 Å². The number of aromatic amines is 1. The van der Waals surface area contributed by atoms with Crippen LogP contribution in [-0.4, -0.2) is 84.5 Å². The Hall–Kier alpha value is -5.16. The molecule has 2 unspecified atom stereocenters. The highest BCUT2D eigenvalue weighted by atomic mass is 31.1. The fourth-order valence-electron chi connectivity index (χ4n) is 6.36. The van der Waals surface area contributed by atoms with Gasteiger partial charge in [0.15, 0.2) is 20.2 Å². The number of rotatable bonds is 16. The van der Waals surface area contributed by atoms with Gasteiger partial charge in [-0.15, -0.1) is 0 Å². The first-order valence-corrected chi connectivity index (χ1v) is 17.8. The van der Waals surface area contributed by atoms with Crippen LogP contribution in [0.1, 0.15) is 36.3 Å². The van der Waals surface area contributed by atoms with E-state index in [0.717, 1.165) is 16.7 Å². The molecular formula is C38H42N7O7P. The molecule has 5 aromatic rings. The molecule has 0 spiro atoms. The van der Waals surface area contributed by atoms with Crippen molar-refractivity contribution in [2.45, 2.75) is 37.4 Å². The first-order chi connectivity index (χ1) is 25.8. The highest BCUT2D eigenvalue weighted by molar-refractivity contribution is 7.26. The van der Waals surface area contributed by atoms with Crippen LogP contribution < -0.4 is 15.0 Å². The maximum atomic E-state index is 13.0. The van der Waals surface area contributed by atoms with E-state index in [2.05, 4.69) is 26.0 Å². The summed E-state index contributed by atoms with van der Waals surface area (Å²) in [6.45, 7) is 2.32. The molecule has 0 radical (unpaired) electrons. The van der Waals surface area contributed by atoms with Gasteiger partial charge < -0.3 is 32.9 Å². The average Bonchev–Trinajstić information content (AvgIpc) is 3.75. The lowest BCUT2D eigenvalue weighted by Gasteiger charge is -2.37. The Balaban J connectivity index is 1.40. The van der Waals surface area contributed by atoms with Crippen LogP contribution >= 0.6 is 9.03 Å². The maximum absolute atomic E-state index is 13.0. The van der Waals surface area contributed by atoms with Gasteiger partial charge in [-0.2, -0.15) is 10.2 Å². The minimum atomic E-state index is -1.10. The van der Waals surface area contributed by atoms with Crippen molar-refractivity contribution in [2.75, 3.05) is 41.5 Å². The van der Waals surface area contributed by atoms with Crippen LogP contribution in [0.15, 0.2) is 95.0 Å². The molecule has 276 valence electrons. The molecule has 1 saturated heterocycles. The number of aliphatic imine (C=N–C) groups is 1. The number of ether oxygens (including phenoxy) is 4. The molecule has 15 heteroatoms. The summed E-state index contributed by atoms with van der Waals surface area (Å²) in [5, 5.41) is 9.01. The summed E-state index contributed by atoms with van der Waals surface area (Å²) in [4.78, 5) is 30.7. The second-order valence-corrected chi connectivity index (χ2v) is 13.3. The Labute approximate surface area is 309 Å². The number of aromatic nitrogens is 4. The Morgan fingerprint density at radius 3 is 2.26 bits per heavy atom. The van der Waals surface area contributed by atoms with Crippen LogP contribution in [0.4, 0.5) is 5.95 Å². The van der Waals surface area contributed by atoms with Gasteiger partial charge in [0.25, 0.3) is 5.56 Å². The number of H-pyrrole nitrogens is 1.